The summed E-state index contributed by atoms with van der Waals surface area (Å²) in [5.74, 6) is -0.960. The first-order valence-corrected chi connectivity index (χ1v) is 10.4. The molecule has 31 heavy (non-hydrogen) atoms. The summed E-state index contributed by atoms with van der Waals surface area (Å²) in [4.78, 5) is 27.6. The Hall–Kier alpha value is -3.55. The van der Waals surface area contributed by atoms with Crippen LogP contribution < -0.4 is 10.2 Å². The van der Waals surface area contributed by atoms with Crippen LogP contribution >= 0.6 is 0 Å². The van der Waals surface area contributed by atoms with Crippen LogP contribution in [0.5, 0.6) is 0 Å². The number of rotatable bonds is 5. The number of aromatic nitrogens is 1. The molecule has 1 aliphatic heterocycles. The van der Waals surface area contributed by atoms with E-state index in [1.165, 1.54) is 6.07 Å². The molecule has 2 aliphatic rings. The number of hydrogen-bond acceptors (Lipinski definition) is 4. The fourth-order valence-corrected chi connectivity index (χ4v) is 4.33. The molecule has 8 nitrogen and oxygen atoms in total. The number of benzene rings is 1. The zero-order valence-corrected chi connectivity index (χ0v) is 17.7. The molecule has 0 radical (unpaired) electrons. The topological polar surface area (TPSA) is 130 Å². The molecular weight excluding hydrogens is 396 g/mol. The number of carboxylic acid groups (broad SMARTS) is 2. The molecule has 4 rings (SSSR count). The maximum Gasteiger partial charge on any atom is 0.417 e. The minimum atomic E-state index is -1.25. The molecule has 8 heteroatoms. The van der Waals surface area contributed by atoms with Gasteiger partial charge >= 0.3 is 12.1 Å². The number of nitrogens with one attached hydrogen (secondary N) is 3. The highest BCUT2D eigenvalue weighted by atomic mass is 16.4. The van der Waals surface area contributed by atoms with Gasteiger partial charge in [0.15, 0.2) is 0 Å². The predicted molar refractivity (Wildman–Crippen MR) is 120 cm³/mol. The summed E-state index contributed by atoms with van der Waals surface area (Å²) < 4.78 is 0. The van der Waals surface area contributed by atoms with Gasteiger partial charge < -0.3 is 20.5 Å². The summed E-state index contributed by atoms with van der Waals surface area (Å²) in [5.41, 5.74) is 4.62. The number of carbonyl (C=O) groups is 2. The van der Waals surface area contributed by atoms with E-state index in [4.69, 9.17) is 5.41 Å². The van der Waals surface area contributed by atoms with E-state index in [-0.39, 0.29) is 29.1 Å². The Morgan fingerprint density at radius 2 is 1.97 bits per heavy atom. The fraction of sp³-hybridized carbons (Fsp3) is 0.348. The van der Waals surface area contributed by atoms with Crippen molar-refractivity contribution in [2.24, 2.45) is 11.8 Å². The molecule has 162 valence electrons. The van der Waals surface area contributed by atoms with Gasteiger partial charge in [-0.2, -0.15) is 0 Å². The highest BCUT2D eigenvalue weighted by Crippen LogP contribution is 2.42. The van der Waals surface area contributed by atoms with E-state index < -0.39 is 12.1 Å². The van der Waals surface area contributed by atoms with Crippen molar-refractivity contribution in [2.75, 3.05) is 11.4 Å². The molecule has 2 unspecified atom stereocenters. The van der Waals surface area contributed by atoms with Crippen molar-refractivity contribution < 1.29 is 19.8 Å². The highest BCUT2D eigenvalue weighted by molar-refractivity contribution is 6.19. The Labute approximate surface area is 179 Å². The lowest BCUT2D eigenvalue weighted by atomic mass is 9.92. The Bertz CT molecular complexity index is 1170. The van der Waals surface area contributed by atoms with Crippen LogP contribution in [0.2, 0.25) is 0 Å². The monoisotopic (exact) mass is 422 g/mol. The molecule has 2 aromatic rings. The smallest absolute Gasteiger partial charge is 0.417 e. The van der Waals surface area contributed by atoms with E-state index in [0.29, 0.717) is 17.4 Å². The summed E-state index contributed by atoms with van der Waals surface area (Å²) >= 11 is 0. The van der Waals surface area contributed by atoms with E-state index in [0.717, 1.165) is 40.1 Å². The van der Waals surface area contributed by atoms with Crippen molar-refractivity contribution in [1.29, 1.82) is 5.41 Å². The average Bonchev–Trinajstić information content (AvgIpc) is 3.29. The first kappa shape index (κ1) is 20.7. The van der Waals surface area contributed by atoms with E-state index in [2.05, 4.69) is 17.2 Å². The number of amides is 1. The molecular formula is C23H26N4O4. The van der Waals surface area contributed by atoms with Crippen LogP contribution in [0.15, 0.2) is 35.5 Å². The number of aromatic carboxylic acids is 1. The second-order valence-corrected chi connectivity index (χ2v) is 8.23. The standard InChI is InChI=1S/C23H26N4O4/c1-4-17-12(3)15(5-6-25-17)13-8-14-9-18(22(28)29)26-20(14)19(10-13)27(23(30)31)21(24)16-7-11(16)2/h5,8-11,16,24-26H,4,6-7H2,1-3H3,(H,28,29)(H,30,31). The average molecular weight is 422 g/mol. The van der Waals surface area contributed by atoms with Gasteiger partial charge in [-0.05, 0) is 60.6 Å². The van der Waals surface area contributed by atoms with Gasteiger partial charge in [-0.3, -0.25) is 5.41 Å². The van der Waals surface area contributed by atoms with Crippen molar-refractivity contribution in [2.45, 2.75) is 33.6 Å². The van der Waals surface area contributed by atoms with Gasteiger partial charge in [0.2, 0.25) is 0 Å². The maximum atomic E-state index is 12.2. The maximum absolute atomic E-state index is 12.2. The van der Waals surface area contributed by atoms with Crippen molar-refractivity contribution in [3.63, 3.8) is 0 Å². The van der Waals surface area contributed by atoms with Gasteiger partial charge in [0.05, 0.1) is 11.2 Å². The number of carboxylic acids is 1. The Morgan fingerprint density at radius 1 is 1.26 bits per heavy atom. The van der Waals surface area contributed by atoms with Crippen molar-refractivity contribution in [1.82, 2.24) is 10.3 Å². The number of anilines is 1. The Kier molecular flexibility index (Phi) is 5.08. The number of fused-ring (bicyclic) bond motifs is 1. The molecule has 1 amide bonds. The van der Waals surface area contributed by atoms with Gasteiger partial charge in [-0.25, -0.2) is 14.5 Å². The SMILES string of the molecule is CCC1=C(C)C(c2cc(N(C(=N)C3CC3C)C(=O)O)c3[nH]c(C(=O)O)cc3c2)=CCN1. The van der Waals surface area contributed by atoms with E-state index in [1.54, 1.807) is 6.07 Å². The number of nitrogens with zero attached hydrogens (tertiary/aromatic N) is 1. The quantitative estimate of drug-likeness (QED) is 0.354. The van der Waals surface area contributed by atoms with Crippen molar-refractivity contribution in [3.05, 3.63) is 46.8 Å². The van der Waals surface area contributed by atoms with Crippen molar-refractivity contribution in [3.8, 4) is 0 Å². The van der Waals surface area contributed by atoms with Crippen LogP contribution in [0.3, 0.4) is 0 Å². The lowest BCUT2D eigenvalue weighted by Gasteiger charge is -2.24. The minimum absolute atomic E-state index is 0.0192. The van der Waals surface area contributed by atoms with Crippen LogP contribution in [-0.4, -0.2) is 39.6 Å². The molecule has 0 spiro atoms. The largest absolute Gasteiger partial charge is 0.477 e. The molecule has 0 saturated heterocycles. The lowest BCUT2D eigenvalue weighted by molar-refractivity contribution is 0.0691. The molecule has 2 atom stereocenters. The lowest BCUT2D eigenvalue weighted by Crippen LogP contribution is -2.37. The molecule has 1 aliphatic carbocycles. The zero-order valence-electron chi connectivity index (χ0n) is 17.7. The van der Waals surface area contributed by atoms with Crippen LogP contribution in [0.4, 0.5) is 10.5 Å². The number of allylic oxidation sites excluding steroid dienone is 3. The van der Waals surface area contributed by atoms with Crippen LogP contribution in [0.25, 0.3) is 16.5 Å². The first-order valence-electron chi connectivity index (χ1n) is 10.4. The van der Waals surface area contributed by atoms with Crippen LogP contribution in [0.1, 0.15) is 49.7 Å². The minimum Gasteiger partial charge on any atom is -0.477 e. The second-order valence-electron chi connectivity index (χ2n) is 8.23. The Balaban J connectivity index is 1.93. The third-order valence-corrected chi connectivity index (χ3v) is 6.21. The predicted octanol–water partition coefficient (Wildman–Crippen LogP) is 4.65. The number of hydrogen-bond donors (Lipinski definition) is 5. The molecule has 1 aromatic carbocycles. The summed E-state index contributed by atoms with van der Waals surface area (Å²) in [6.07, 6.45) is 2.41. The molecule has 1 aromatic heterocycles. The zero-order chi connectivity index (χ0) is 22.4. The van der Waals surface area contributed by atoms with Crippen molar-refractivity contribution >= 4 is 40.1 Å². The van der Waals surface area contributed by atoms with Gasteiger partial charge in [-0.15, -0.1) is 0 Å². The second kappa shape index (κ2) is 7.61. The Morgan fingerprint density at radius 3 is 2.55 bits per heavy atom. The summed E-state index contributed by atoms with van der Waals surface area (Å²) in [5, 5.41) is 31.9. The van der Waals surface area contributed by atoms with Gasteiger partial charge in [0, 0.05) is 23.5 Å². The molecule has 1 saturated carbocycles. The number of dihydropyridines is 1. The highest BCUT2D eigenvalue weighted by Gasteiger charge is 2.41. The number of amidine groups is 1. The number of H-pyrrole nitrogens is 1. The third-order valence-electron chi connectivity index (χ3n) is 6.21. The van der Waals surface area contributed by atoms with Gasteiger partial charge in [0.25, 0.3) is 0 Å². The van der Waals surface area contributed by atoms with E-state index in [9.17, 15) is 19.8 Å². The van der Waals surface area contributed by atoms with E-state index in [1.807, 2.05) is 26.0 Å². The summed E-state index contributed by atoms with van der Waals surface area (Å²) in [6.45, 7) is 6.74. The molecule has 0 bridgehead atoms. The van der Waals surface area contributed by atoms with Crippen LogP contribution in [-0.2, 0) is 0 Å². The normalized spacial score (nSPS) is 20.3. The summed E-state index contributed by atoms with van der Waals surface area (Å²) in [6, 6.07) is 5.13. The molecule has 2 heterocycles. The fourth-order valence-electron chi connectivity index (χ4n) is 4.33. The first-order chi connectivity index (χ1) is 14.7. The van der Waals surface area contributed by atoms with Crippen LogP contribution in [0, 0.1) is 17.2 Å². The molecule has 1 fully saturated rings. The van der Waals surface area contributed by atoms with Gasteiger partial charge in [0.1, 0.15) is 11.5 Å². The van der Waals surface area contributed by atoms with E-state index >= 15 is 0 Å². The summed E-state index contributed by atoms with van der Waals surface area (Å²) in [7, 11) is 0. The third kappa shape index (κ3) is 3.58. The molecule has 5 N–H and O–H groups in total. The number of aromatic amines is 1. The van der Waals surface area contributed by atoms with Gasteiger partial charge in [-0.1, -0.05) is 19.9 Å².